The fourth-order valence-corrected chi connectivity index (χ4v) is 4.90. The van der Waals surface area contributed by atoms with Gasteiger partial charge in [0.25, 0.3) is 0 Å². The van der Waals surface area contributed by atoms with E-state index in [1.807, 2.05) is 41.9 Å². The molecule has 3 aromatic rings. The lowest BCUT2D eigenvalue weighted by Gasteiger charge is -2.20. The second-order valence-corrected chi connectivity index (χ2v) is 8.25. The first kappa shape index (κ1) is 19.9. The van der Waals surface area contributed by atoms with E-state index >= 15 is 0 Å². The second kappa shape index (κ2) is 9.41. The van der Waals surface area contributed by atoms with Gasteiger partial charge in [0, 0.05) is 22.0 Å². The first-order valence-corrected chi connectivity index (χ1v) is 10.4. The van der Waals surface area contributed by atoms with E-state index in [0.29, 0.717) is 11.0 Å². The molecule has 1 aromatic carbocycles. The molecule has 0 spiro atoms. The van der Waals surface area contributed by atoms with Crippen molar-refractivity contribution in [3.63, 3.8) is 0 Å². The zero-order valence-corrected chi connectivity index (χ0v) is 17.1. The van der Waals surface area contributed by atoms with E-state index in [1.165, 1.54) is 4.88 Å². The molecule has 4 rings (SSSR count). The maximum absolute atomic E-state index is 12.3. The molecule has 2 N–H and O–H groups in total. The van der Waals surface area contributed by atoms with Gasteiger partial charge in [-0.25, -0.2) is 9.97 Å². The van der Waals surface area contributed by atoms with Crippen LogP contribution in [-0.4, -0.2) is 29.0 Å². The number of carbonyl (C=O) groups is 1. The van der Waals surface area contributed by atoms with Crippen LogP contribution in [0, 0.1) is 0 Å². The Labute approximate surface area is 172 Å². The van der Waals surface area contributed by atoms with Crippen LogP contribution in [0.5, 0.6) is 0 Å². The van der Waals surface area contributed by atoms with Crippen LogP contribution in [0.3, 0.4) is 0 Å². The molecule has 27 heavy (non-hydrogen) atoms. The number of nitrogens with one attached hydrogen (secondary N) is 2. The average molecular weight is 421 g/mol. The van der Waals surface area contributed by atoms with Gasteiger partial charge in [0.1, 0.15) is 5.01 Å². The quantitative estimate of drug-likeness (QED) is 0.644. The molecule has 1 aliphatic rings. The topological polar surface area (TPSA) is 66.9 Å². The van der Waals surface area contributed by atoms with E-state index < -0.39 is 0 Å². The molecule has 3 heterocycles. The fraction of sp³-hybridized carbons (Fsp3) is 0.316. The number of amides is 1. The highest BCUT2D eigenvalue weighted by atomic mass is 35.5. The van der Waals surface area contributed by atoms with Crippen molar-refractivity contribution in [3.8, 4) is 10.6 Å². The number of piperidine rings is 1. The molecule has 0 saturated carbocycles. The number of rotatable bonds is 5. The van der Waals surface area contributed by atoms with Crippen LogP contribution >= 0.6 is 35.1 Å². The first-order valence-electron chi connectivity index (χ1n) is 8.74. The van der Waals surface area contributed by atoms with Gasteiger partial charge in [-0.3, -0.25) is 4.79 Å². The third-order valence-electron chi connectivity index (χ3n) is 4.43. The molecule has 1 fully saturated rings. The molecule has 0 atom stereocenters. The number of benzene rings is 1. The largest absolute Gasteiger partial charge is 0.317 e. The van der Waals surface area contributed by atoms with E-state index in [0.717, 1.165) is 42.2 Å². The summed E-state index contributed by atoms with van der Waals surface area (Å²) in [5.74, 6) is 0.493. The maximum atomic E-state index is 12.3. The van der Waals surface area contributed by atoms with Crippen molar-refractivity contribution < 1.29 is 4.79 Å². The van der Waals surface area contributed by atoms with Gasteiger partial charge in [0.15, 0.2) is 5.13 Å². The molecule has 0 radical (unpaired) electrons. The van der Waals surface area contributed by atoms with Gasteiger partial charge in [-0.2, -0.15) is 0 Å². The summed E-state index contributed by atoms with van der Waals surface area (Å²) >= 11 is 3.16. The molecular formula is C19H21ClN4OS2. The Morgan fingerprint density at radius 2 is 2.00 bits per heavy atom. The van der Waals surface area contributed by atoms with Crippen molar-refractivity contribution in [2.24, 2.45) is 0 Å². The lowest BCUT2D eigenvalue weighted by Crippen LogP contribution is -2.26. The van der Waals surface area contributed by atoms with E-state index in [-0.39, 0.29) is 24.7 Å². The molecule has 0 bridgehead atoms. The normalized spacial score (nSPS) is 14.5. The summed E-state index contributed by atoms with van der Waals surface area (Å²) in [4.78, 5) is 22.5. The van der Waals surface area contributed by atoms with Crippen LogP contribution in [0.25, 0.3) is 10.6 Å². The number of nitrogens with zero attached hydrogens (tertiary/aromatic N) is 2. The molecule has 0 unspecified atom stereocenters. The number of thiazole rings is 2. The monoisotopic (exact) mass is 420 g/mol. The molecule has 1 saturated heterocycles. The lowest BCUT2D eigenvalue weighted by atomic mass is 9.97. The zero-order chi connectivity index (χ0) is 17.8. The smallest absolute Gasteiger partial charge is 0.232 e. The molecule has 1 amide bonds. The van der Waals surface area contributed by atoms with Gasteiger partial charge >= 0.3 is 0 Å². The number of hydrogen-bond donors (Lipinski definition) is 2. The minimum atomic E-state index is -0.0684. The van der Waals surface area contributed by atoms with Crippen molar-refractivity contribution in [1.29, 1.82) is 0 Å². The van der Waals surface area contributed by atoms with Gasteiger partial charge in [0.2, 0.25) is 5.91 Å². The van der Waals surface area contributed by atoms with Crippen LogP contribution in [0.1, 0.15) is 29.3 Å². The predicted molar refractivity (Wildman–Crippen MR) is 114 cm³/mol. The summed E-state index contributed by atoms with van der Waals surface area (Å²) in [6.45, 7) is 2.11. The van der Waals surface area contributed by atoms with Gasteiger partial charge in [-0.05, 0) is 31.8 Å². The Hall–Kier alpha value is -1.80. The Balaban J connectivity index is 0.00000210. The van der Waals surface area contributed by atoms with Crippen LogP contribution in [0.4, 0.5) is 5.13 Å². The van der Waals surface area contributed by atoms with E-state index in [1.54, 1.807) is 22.7 Å². The Morgan fingerprint density at radius 3 is 2.78 bits per heavy atom. The Morgan fingerprint density at radius 1 is 1.22 bits per heavy atom. The summed E-state index contributed by atoms with van der Waals surface area (Å²) in [5, 5.41) is 9.86. The van der Waals surface area contributed by atoms with Crippen LogP contribution in [0.2, 0.25) is 0 Å². The van der Waals surface area contributed by atoms with Gasteiger partial charge in [0.05, 0.1) is 12.1 Å². The minimum absolute atomic E-state index is 0. The molecule has 0 aliphatic carbocycles. The van der Waals surface area contributed by atoms with Crippen molar-refractivity contribution in [1.82, 2.24) is 15.3 Å². The molecule has 1 aliphatic heterocycles. The predicted octanol–water partition coefficient (Wildman–Crippen LogP) is 4.34. The van der Waals surface area contributed by atoms with Crippen molar-refractivity contribution in [3.05, 3.63) is 52.5 Å². The maximum Gasteiger partial charge on any atom is 0.232 e. The van der Waals surface area contributed by atoms with Crippen LogP contribution in [-0.2, 0) is 11.2 Å². The zero-order valence-electron chi connectivity index (χ0n) is 14.7. The molecular weight excluding hydrogens is 400 g/mol. The first-order chi connectivity index (χ1) is 12.8. The van der Waals surface area contributed by atoms with E-state index in [2.05, 4.69) is 20.6 Å². The summed E-state index contributed by atoms with van der Waals surface area (Å²) in [5.41, 5.74) is 1.87. The van der Waals surface area contributed by atoms with E-state index in [9.17, 15) is 4.79 Å². The molecule has 2 aromatic heterocycles. The van der Waals surface area contributed by atoms with Crippen LogP contribution < -0.4 is 10.6 Å². The number of aromatic nitrogens is 2. The molecule has 8 heteroatoms. The summed E-state index contributed by atoms with van der Waals surface area (Å²) in [7, 11) is 0. The van der Waals surface area contributed by atoms with Crippen molar-refractivity contribution in [2.75, 3.05) is 18.4 Å². The highest BCUT2D eigenvalue weighted by Gasteiger charge is 2.18. The summed E-state index contributed by atoms with van der Waals surface area (Å²) in [6.07, 6.45) is 4.45. The molecule has 5 nitrogen and oxygen atoms in total. The van der Waals surface area contributed by atoms with E-state index in [4.69, 9.17) is 0 Å². The van der Waals surface area contributed by atoms with Crippen molar-refractivity contribution in [2.45, 2.75) is 25.2 Å². The number of halogens is 1. The Bertz CT molecular complexity index is 875. The molecule has 142 valence electrons. The lowest BCUT2D eigenvalue weighted by molar-refractivity contribution is -0.115. The number of anilines is 1. The third-order valence-corrected chi connectivity index (χ3v) is 6.44. The van der Waals surface area contributed by atoms with Gasteiger partial charge in [-0.15, -0.1) is 35.1 Å². The van der Waals surface area contributed by atoms with Gasteiger partial charge < -0.3 is 10.6 Å². The highest BCUT2D eigenvalue weighted by Crippen LogP contribution is 2.31. The second-order valence-electron chi connectivity index (χ2n) is 6.33. The number of hydrogen-bond acceptors (Lipinski definition) is 6. The van der Waals surface area contributed by atoms with Crippen molar-refractivity contribution >= 4 is 46.1 Å². The van der Waals surface area contributed by atoms with Crippen LogP contribution in [0.15, 0.2) is 41.9 Å². The SMILES string of the molecule is Cl.O=C(Cc1csc(-c2ccccc2)n1)Nc1ncc(C2CCNCC2)s1. The number of carbonyl (C=O) groups excluding carboxylic acids is 1. The highest BCUT2D eigenvalue weighted by molar-refractivity contribution is 7.15. The average Bonchev–Trinajstić information content (AvgIpc) is 3.33. The standard InChI is InChI=1S/C19H20N4OS2.ClH/c24-17(10-15-12-25-18(22-15)14-4-2-1-3-5-14)23-19-21-11-16(26-19)13-6-8-20-9-7-13;/h1-5,11-13,20H,6-10H2,(H,21,23,24);1H. The summed E-state index contributed by atoms with van der Waals surface area (Å²) < 4.78 is 0. The fourth-order valence-electron chi connectivity index (χ4n) is 3.07. The minimum Gasteiger partial charge on any atom is -0.317 e. The third kappa shape index (κ3) is 5.13. The van der Waals surface area contributed by atoms with Gasteiger partial charge in [-0.1, -0.05) is 30.3 Å². The Kier molecular flexibility index (Phi) is 6.95. The summed E-state index contributed by atoms with van der Waals surface area (Å²) in [6, 6.07) is 10.0.